The molecule has 0 saturated carbocycles. The van der Waals surface area contributed by atoms with Crippen molar-refractivity contribution < 1.29 is 14.3 Å². The van der Waals surface area contributed by atoms with Crippen molar-refractivity contribution in [1.29, 1.82) is 0 Å². The van der Waals surface area contributed by atoms with E-state index in [1.165, 1.54) is 4.90 Å². The molecule has 0 radical (unpaired) electrons. The van der Waals surface area contributed by atoms with Crippen LogP contribution in [0, 0.1) is 0 Å². The number of amides is 2. The molecule has 0 aliphatic carbocycles. The van der Waals surface area contributed by atoms with E-state index in [9.17, 15) is 9.59 Å². The number of imide groups is 1. The lowest BCUT2D eigenvalue weighted by molar-refractivity contribution is -0.123. The highest BCUT2D eigenvalue weighted by molar-refractivity contribution is 8.18. The molecule has 1 heterocycles. The molecule has 3 rings (SSSR count). The van der Waals surface area contributed by atoms with Gasteiger partial charge in [-0.05, 0) is 54.1 Å². The van der Waals surface area contributed by atoms with Gasteiger partial charge in [-0.1, -0.05) is 47.5 Å². The van der Waals surface area contributed by atoms with Crippen molar-refractivity contribution in [2.75, 3.05) is 6.61 Å². The SMILES string of the molecule is CCOc1ccc(/C=C2\SC(=O)N(Cc3ccccc3Cl)C2=O)cc1Cl. The Labute approximate surface area is 165 Å². The molecule has 0 unspecified atom stereocenters. The minimum absolute atomic E-state index is 0.145. The fourth-order valence-corrected chi connectivity index (χ4v) is 3.74. The molecule has 0 aromatic heterocycles. The quantitative estimate of drug-likeness (QED) is 0.602. The molecule has 0 atom stereocenters. The van der Waals surface area contributed by atoms with Crippen LogP contribution in [0.15, 0.2) is 47.4 Å². The van der Waals surface area contributed by atoms with E-state index >= 15 is 0 Å². The number of benzene rings is 2. The zero-order valence-corrected chi connectivity index (χ0v) is 16.2. The highest BCUT2D eigenvalue weighted by Crippen LogP contribution is 2.35. The molecule has 0 bridgehead atoms. The maximum atomic E-state index is 12.6. The number of carbonyl (C=O) groups excluding carboxylic acids is 2. The largest absolute Gasteiger partial charge is 0.492 e. The molecule has 4 nitrogen and oxygen atoms in total. The maximum absolute atomic E-state index is 12.6. The summed E-state index contributed by atoms with van der Waals surface area (Å²) >= 11 is 13.2. The number of thioether (sulfide) groups is 1. The van der Waals surface area contributed by atoms with Crippen molar-refractivity contribution in [1.82, 2.24) is 4.90 Å². The summed E-state index contributed by atoms with van der Waals surface area (Å²) in [5, 5.41) is 0.655. The Kier molecular flexibility index (Phi) is 5.91. The lowest BCUT2D eigenvalue weighted by Gasteiger charge is -2.13. The first-order valence-corrected chi connectivity index (χ1v) is 9.48. The van der Waals surface area contributed by atoms with Crippen molar-refractivity contribution in [2.24, 2.45) is 0 Å². The number of halogens is 2. The van der Waals surface area contributed by atoms with Gasteiger partial charge in [0.2, 0.25) is 0 Å². The summed E-state index contributed by atoms with van der Waals surface area (Å²) in [6.07, 6.45) is 1.65. The second kappa shape index (κ2) is 8.16. The summed E-state index contributed by atoms with van der Waals surface area (Å²) in [5.41, 5.74) is 1.45. The molecule has 2 aromatic carbocycles. The Bertz CT molecular complexity index is 898. The summed E-state index contributed by atoms with van der Waals surface area (Å²) in [6, 6.07) is 12.4. The third-order valence-electron chi connectivity index (χ3n) is 3.71. The Morgan fingerprint density at radius 2 is 1.88 bits per heavy atom. The van der Waals surface area contributed by atoms with Crippen LogP contribution in [0.1, 0.15) is 18.1 Å². The van der Waals surface area contributed by atoms with Crippen LogP contribution in [0.2, 0.25) is 10.0 Å². The predicted octanol–water partition coefficient (Wildman–Crippen LogP) is 5.63. The smallest absolute Gasteiger partial charge is 0.293 e. The van der Waals surface area contributed by atoms with E-state index in [1.54, 1.807) is 42.5 Å². The lowest BCUT2D eigenvalue weighted by Crippen LogP contribution is -2.27. The predicted molar refractivity (Wildman–Crippen MR) is 106 cm³/mol. The number of carbonyl (C=O) groups is 2. The number of rotatable bonds is 5. The highest BCUT2D eigenvalue weighted by atomic mass is 35.5. The molecule has 2 amide bonds. The molecule has 1 aliphatic rings. The summed E-state index contributed by atoms with van der Waals surface area (Å²) in [4.78, 5) is 26.4. The van der Waals surface area contributed by atoms with Crippen molar-refractivity contribution in [2.45, 2.75) is 13.5 Å². The number of ether oxygens (including phenoxy) is 1. The second-order valence-electron chi connectivity index (χ2n) is 5.48. The zero-order valence-electron chi connectivity index (χ0n) is 13.9. The van der Waals surface area contributed by atoms with Gasteiger partial charge in [0.15, 0.2) is 0 Å². The first-order valence-electron chi connectivity index (χ1n) is 7.90. The van der Waals surface area contributed by atoms with Crippen LogP contribution in [-0.2, 0) is 11.3 Å². The Balaban J connectivity index is 1.81. The molecule has 0 spiro atoms. The fourth-order valence-electron chi connectivity index (χ4n) is 2.46. The average Bonchev–Trinajstić information content (AvgIpc) is 2.87. The Morgan fingerprint density at radius 3 is 2.58 bits per heavy atom. The molecule has 134 valence electrons. The van der Waals surface area contributed by atoms with E-state index in [0.29, 0.717) is 27.3 Å². The first kappa shape index (κ1) is 18.8. The third-order valence-corrected chi connectivity index (χ3v) is 5.28. The van der Waals surface area contributed by atoms with E-state index in [1.807, 2.05) is 13.0 Å². The monoisotopic (exact) mass is 407 g/mol. The number of nitrogens with zero attached hydrogens (tertiary/aromatic N) is 1. The molecule has 1 saturated heterocycles. The molecule has 2 aromatic rings. The van der Waals surface area contributed by atoms with E-state index < -0.39 is 0 Å². The van der Waals surface area contributed by atoms with Gasteiger partial charge in [0.1, 0.15) is 5.75 Å². The van der Waals surface area contributed by atoms with Gasteiger partial charge < -0.3 is 4.74 Å². The highest BCUT2D eigenvalue weighted by Gasteiger charge is 2.35. The fraction of sp³-hybridized carbons (Fsp3) is 0.158. The van der Waals surface area contributed by atoms with Crippen molar-refractivity contribution in [3.8, 4) is 5.75 Å². The molecule has 26 heavy (non-hydrogen) atoms. The van der Waals surface area contributed by atoms with Crippen LogP contribution in [0.25, 0.3) is 6.08 Å². The molecular weight excluding hydrogens is 393 g/mol. The molecule has 1 fully saturated rings. The summed E-state index contributed by atoms with van der Waals surface area (Å²) in [7, 11) is 0. The van der Waals surface area contributed by atoms with Crippen molar-refractivity contribution in [3.63, 3.8) is 0 Å². The summed E-state index contributed by atoms with van der Waals surface area (Å²) in [6.45, 7) is 2.53. The number of hydrogen-bond acceptors (Lipinski definition) is 4. The van der Waals surface area contributed by atoms with Gasteiger partial charge >= 0.3 is 0 Å². The minimum atomic E-state index is -0.343. The normalized spacial score (nSPS) is 15.8. The van der Waals surface area contributed by atoms with E-state index in [4.69, 9.17) is 27.9 Å². The standard InChI is InChI=1S/C19H15Cl2NO3S/c1-2-25-16-8-7-12(9-15(16)21)10-17-18(23)22(19(24)26-17)11-13-5-3-4-6-14(13)20/h3-10H,2,11H2,1H3/b17-10-. The van der Waals surface area contributed by atoms with Gasteiger partial charge in [-0.15, -0.1) is 0 Å². The number of hydrogen-bond donors (Lipinski definition) is 0. The van der Waals surface area contributed by atoms with Crippen LogP contribution in [0.3, 0.4) is 0 Å². The van der Waals surface area contributed by atoms with Gasteiger partial charge in [-0.2, -0.15) is 0 Å². The average molecular weight is 408 g/mol. The second-order valence-corrected chi connectivity index (χ2v) is 7.29. The third kappa shape index (κ3) is 4.06. The van der Waals surface area contributed by atoms with Crippen LogP contribution in [0.4, 0.5) is 4.79 Å². The van der Waals surface area contributed by atoms with Crippen LogP contribution < -0.4 is 4.74 Å². The Morgan fingerprint density at radius 1 is 1.12 bits per heavy atom. The van der Waals surface area contributed by atoms with Gasteiger partial charge in [0.25, 0.3) is 11.1 Å². The summed E-state index contributed by atoms with van der Waals surface area (Å²) in [5.74, 6) is 0.239. The van der Waals surface area contributed by atoms with E-state index in [2.05, 4.69) is 0 Å². The molecule has 7 heteroatoms. The topological polar surface area (TPSA) is 46.6 Å². The van der Waals surface area contributed by atoms with Crippen molar-refractivity contribution in [3.05, 3.63) is 68.5 Å². The van der Waals surface area contributed by atoms with E-state index in [0.717, 1.165) is 22.9 Å². The minimum Gasteiger partial charge on any atom is -0.492 e. The molecular formula is C19H15Cl2NO3S. The van der Waals surface area contributed by atoms with Gasteiger partial charge in [0, 0.05) is 5.02 Å². The van der Waals surface area contributed by atoms with E-state index in [-0.39, 0.29) is 17.7 Å². The molecule has 1 aliphatic heterocycles. The van der Waals surface area contributed by atoms with Crippen LogP contribution in [-0.4, -0.2) is 22.7 Å². The zero-order chi connectivity index (χ0) is 18.7. The maximum Gasteiger partial charge on any atom is 0.293 e. The first-order chi connectivity index (χ1) is 12.5. The van der Waals surface area contributed by atoms with Crippen LogP contribution >= 0.6 is 35.0 Å². The van der Waals surface area contributed by atoms with Crippen LogP contribution in [0.5, 0.6) is 5.75 Å². The van der Waals surface area contributed by atoms with Gasteiger partial charge in [-0.25, -0.2) is 0 Å². The van der Waals surface area contributed by atoms with Crippen molar-refractivity contribution >= 4 is 52.2 Å². The molecule has 0 N–H and O–H groups in total. The summed E-state index contributed by atoms with van der Waals surface area (Å²) < 4.78 is 5.39. The van der Waals surface area contributed by atoms with Gasteiger partial charge in [0.05, 0.1) is 23.1 Å². The Hall–Kier alpha value is -1.95. The lowest BCUT2D eigenvalue weighted by atomic mass is 10.2. The van der Waals surface area contributed by atoms with Gasteiger partial charge in [-0.3, -0.25) is 14.5 Å².